The van der Waals surface area contributed by atoms with Crippen molar-refractivity contribution in [3.8, 4) is 0 Å². The predicted octanol–water partition coefficient (Wildman–Crippen LogP) is 2.12. The smallest absolute Gasteiger partial charge is 0.289 e. The zero-order chi connectivity index (χ0) is 38.5. The van der Waals surface area contributed by atoms with Gasteiger partial charge >= 0.3 is 0 Å². The Morgan fingerprint density at radius 1 is 0.926 bits per heavy atom. The number of aliphatic hydroxyl groups excluding tert-OH is 1. The highest BCUT2D eigenvalue weighted by atomic mass is 35.5. The van der Waals surface area contributed by atoms with E-state index in [1.54, 1.807) is 12.1 Å². The fraction of sp³-hybridized carbons (Fsp3) is 0.615. The normalized spacial score (nSPS) is 21.7. The van der Waals surface area contributed by atoms with Crippen LogP contribution in [0, 0.1) is 11.8 Å². The lowest BCUT2D eigenvalue weighted by Gasteiger charge is -2.34. The summed E-state index contributed by atoms with van der Waals surface area (Å²) in [6.45, 7) is 3.97. The zero-order valence-corrected chi connectivity index (χ0v) is 32.8. The third-order valence-electron chi connectivity index (χ3n) is 10.8. The number of hydrogen-bond acceptors (Lipinski definition) is 10. The Balaban J connectivity index is 1.33. The molecule has 13 nitrogen and oxygen atoms in total. The third kappa shape index (κ3) is 13.4. The summed E-state index contributed by atoms with van der Waals surface area (Å²) in [6.07, 6.45) is 4.78. The van der Waals surface area contributed by atoms with E-state index in [0.717, 1.165) is 69.2 Å². The number of benzene rings is 2. The average molecular weight is 789 g/mol. The fourth-order valence-electron chi connectivity index (χ4n) is 7.79. The second kappa shape index (κ2) is 20.8. The van der Waals surface area contributed by atoms with Gasteiger partial charge in [0.25, 0.3) is 5.91 Å². The number of rotatable bonds is 19. The summed E-state index contributed by atoms with van der Waals surface area (Å²) in [5.74, 6) is -1.36. The van der Waals surface area contributed by atoms with Crippen molar-refractivity contribution in [2.24, 2.45) is 11.8 Å². The van der Waals surface area contributed by atoms with Gasteiger partial charge in [-0.1, -0.05) is 54.1 Å². The first-order chi connectivity index (χ1) is 25.9. The van der Waals surface area contributed by atoms with Crippen molar-refractivity contribution in [2.45, 2.75) is 94.9 Å². The van der Waals surface area contributed by atoms with Crippen LogP contribution < -0.4 is 26.0 Å². The van der Waals surface area contributed by atoms with Gasteiger partial charge in [0.05, 0.1) is 31.1 Å². The summed E-state index contributed by atoms with van der Waals surface area (Å²) in [4.78, 5) is 42.9. The molecule has 0 saturated carbocycles. The van der Waals surface area contributed by atoms with E-state index in [4.69, 9.17) is 16.3 Å². The zero-order valence-electron chi connectivity index (χ0n) is 31.2. The third-order valence-corrected chi connectivity index (χ3v) is 11.8. The van der Waals surface area contributed by atoms with Gasteiger partial charge in [0, 0.05) is 18.1 Å². The van der Waals surface area contributed by atoms with Crippen LogP contribution in [0.4, 0.5) is 0 Å². The van der Waals surface area contributed by atoms with Crippen LogP contribution in [-0.2, 0) is 42.2 Å². The lowest BCUT2D eigenvalue weighted by Crippen LogP contribution is -2.58. The Kier molecular flexibility index (Phi) is 16.3. The molecule has 1 unspecified atom stereocenters. The first kappa shape index (κ1) is 42.2. The second-order valence-corrected chi connectivity index (χ2v) is 17.2. The summed E-state index contributed by atoms with van der Waals surface area (Å²) >= 11 is 6.07. The molecule has 298 valence electrons. The van der Waals surface area contributed by atoms with Gasteiger partial charge in [0.1, 0.15) is 12.3 Å². The molecule has 2 amide bonds. The molecule has 15 heteroatoms. The van der Waals surface area contributed by atoms with Crippen molar-refractivity contribution < 1.29 is 32.6 Å². The van der Waals surface area contributed by atoms with Crippen LogP contribution in [0.25, 0.3) is 0 Å². The van der Waals surface area contributed by atoms with Crippen molar-refractivity contribution in [2.75, 3.05) is 45.5 Å². The topological polar surface area (TPSA) is 178 Å². The van der Waals surface area contributed by atoms with Gasteiger partial charge in [0.15, 0.2) is 0 Å². The number of Topliss-reactive ketones (excluding diaryl/α,β-unsaturated/α-hetero) is 1. The van der Waals surface area contributed by atoms with Crippen LogP contribution in [0.5, 0.6) is 0 Å². The van der Waals surface area contributed by atoms with Gasteiger partial charge in [-0.2, -0.15) is 0 Å². The van der Waals surface area contributed by atoms with E-state index in [-0.39, 0.29) is 32.0 Å². The SMILES string of the molecule is CS(=O)(=O)N[C@H](CCC1CCNCC1)C(=O)N1C[C@H](OCc2ccc(Cl)cc2)C[C@H]1C(O)N[C@@H](CC1CCNCC1)C(=O)C(=O)NCCc1ccccc1. The maximum Gasteiger partial charge on any atom is 0.289 e. The molecule has 3 fully saturated rings. The maximum atomic E-state index is 14.4. The highest BCUT2D eigenvalue weighted by molar-refractivity contribution is 7.88. The van der Waals surface area contributed by atoms with E-state index in [1.807, 2.05) is 42.5 Å². The van der Waals surface area contributed by atoms with Gasteiger partial charge in [-0.25, -0.2) is 13.1 Å². The van der Waals surface area contributed by atoms with Crippen molar-refractivity contribution in [1.29, 1.82) is 0 Å². The van der Waals surface area contributed by atoms with Gasteiger partial charge < -0.3 is 30.7 Å². The first-order valence-corrected chi connectivity index (χ1v) is 21.6. The molecule has 0 spiro atoms. The van der Waals surface area contributed by atoms with Crippen molar-refractivity contribution >= 4 is 39.2 Å². The predicted molar refractivity (Wildman–Crippen MR) is 208 cm³/mol. The van der Waals surface area contributed by atoms with E-state index in [2.05, 4.69) is 26.0 Å². The summed E-state index contributed by atoms with van der Waals surface area (Å²) in [6, 6.07) is 14.0. The molecule has 54 heavy (non-hydrogen) atoms. The minimum Gasteiger partial charge on any atom is -0.376 e. The molecule has 0 aromatic heterocycles. The van der Waals surface area contributed by atoms with Gasteiger partial charge in [-0.3, -0.25) is 19.7 Å². The van der Waals surface area contributed by atoms with Gasteiger partial charge in [0.2, 0.25) is 21.7 Å². The molecule has 0 radical (unpaired) electrons. The Morgan fingerprint density at radius 3 is 2.22 bits per heavy atom. The lowest BCUT2D eigenvalue weighted by atomic mass is 9.89. The highest BCUT2D eigenvalue weighted by Crippen LogP contribution is 2.28. The largest absolute Gasteiger partial charge is 0.376 e. The van der Waals surface area contributed by atoms with Crippen LogP contribution in [0.1, 0.15) is 62.5 Å². The number of halogens is 1. The Bertz CT molecular complexity index is 1610. The molecule has 0 aliphatic carbocycles. The van der Waals surface area contributed by atoms with Crippen molar-refractivity contribution in [1.82, 2.24) is 30.9 Å². The highest BCUT2D eigenvalue weighted by Gasteiger charge is 2.44. The molecule has 6 N–H and O–H groups in total. The van der Waals surface area contributed by atoms with Crippen LogP contribution in [0.3, 0.4) is 0 Å². The van der Waals surface area contributed by atoms with E-state index in [0.29, 0.717) is 36.6 Å². The van der Waals surface area contributed by atoms with E-state index >= 15 is 0 Å². The minimum absolute atomic E-state index is 0.109. The number of sulfonamides is 1. The Morgan fingerprint density at radius 2 is 1.57 bits per heavy atom. The molecule has 3 aliphatic heterocycles. The second-order valence-electron chi connectivity index (χ2n) is 15.0. The van der Waals surface area contributed by atoms with Gasteiger partial charge in [-0.15, -0.1) is 0 Å². The lowest BCUT2D eigenvalue weighted by molar-refractivity contribution is -0.141. The van der Waals surface area contributed by atoms with Crippen molar-refractivity contribution in [3.63, 3.8) is 0 Å². The first-order valence-electron chi connectivity index (χ1n) is 19.3. The number of amides is 2. The summed E-state index contributed by atoms with van der Waals surface area (Å²) in [7, 11) is -3.76. The molecule has 2 aromatic carbocycles. The Labute approximate surface area is 324 Å². The number of aliphatic hydroxyl groups is 1. The van der Waals surface area contributed by atoms with Crippen LogP contribution >= 0.6 is 11.6 Å². The number of carbonyl (C=O) groups is 3. The summed E-state index contributed by atoms with van der Waals surface area (Å²) in [5, 5.41) is 25.0. The van der Waals surface area contributed by atoms with Crippen molar-refractivity contribution in [3.05, 3.63) is 70.7 Å². The number of hydrogen-bond donors (Lipinski definition) is 6. The van der Waals surface area contributed by atoms with Crippen LogP contribution in [-0.4, -0.2) is 112 Å². The summed E-state index contributed by atoms with van der Waals surface area (Å²) < 4.78 is 33.9. The number of carbonyl (C=O) groups excluding carboxylic acids is 3. The van der Waals surface area contributed by atoms with Crippen LogP contribution in [0.15, 0.2) is 54.6 Å². The molecular formula is C39H57ClN6O7S. The standard InChI is InChI=1S/C39H57ClN6O7S/c1-54(51,52)45-33(12-9-28-13-18-41-19-14-28)39(50)46-25-32(53-26-30-7-10-31(40)11-8-30)24-35(46)37(48)44-34(23-29-15-20-42-21-16-29)36(47)38(49)43-22-17-27-5-3-2-4-6-27/h2-8,10-11,28-29,32-35,37,41-42,44-45,48H,9,12-26H2,1H3,(H,43,49)/t32-,33-,34+,35+,37?/m1/s1. The number of nitrogens with one attached hydrogen (secondary N) is 5. The van der Waals surface area contributed by atoms with E-state index < -0.39 is 58.1 Å². The molecule has 3 heterocycles. The summed E-state index contributed by atoms with van der Waals surface area (Å²) in [5.41, 5.74) is 1.91. The molecule has 5 atom stereocenters. The quantitative estimate of drug-likeness (QED) is 0.0914. The Hall–Kier alpha value is -2.95. The number of likely N-dealkylation sites (tertiary alicyclic amines) is 1. The number of piperidine rings is 2. The fourth-order valence-corrected chi connectivity index (χ4v) is 8.65. The molecular weight excluding hydrogens is 732 g/mol. The minimum atomic E-state index is -3.76. The number of ether oxygens (including phenoxy) is 1. The van der Waals surface area contributed by atoms with E-state index in [9.17, 15) is 27.9 Å². The molecule has 3 saturated heterocycles. The average Bonchev–Trinajstić information content (AvgIpc) is 3.61. The molecule has 0 bridgehead atoms. The van der Waals surface area contributed by atoms with Gasteiger partial charge in [-0.05, 0) is 119 Å². The number of nitrogens with zero attached hydrogens (tertiary/aromatic N) is 1. The van der Waals surface area contributed by atoms with Crippen LogP contribution in [0.2, 0.25) is 5.02 Å². The number of ketones is 1. The monoisotopic (exact) mass is 788 g/mol. The van der Waals surface area contributed by atoms with E-state index in [1.165, 1.54) is 4.90 Å². The molecule has 2 aromatic rings. The molecule has 5 rings (SSSR count). The molecule has 3 aliphatic rings. The maximum absolute atomic E-state index is 14.4.